The summed E-state index contributed by atoms with van der Waals surface area (Å²) in [6, 6.07) is 15.3. The van der Waals surface area contributed by atoms with Crippen LogP contribution in [0.5, 0.6) is 0 Å². The van der Waals surface area contributed by atoms with Crippen LogP contribution in [0.3, 0.4) is 0 Å². The van der Waals surface area contributed by atoms with E-state index in [1.807, 2.05) is 0 Å². The molecular weight excluding hydrogens is 189 g/mol. The van der Waals surface area contributed by atoms with Gasteiger partial charge < -0.3 is 0 Å². The Hall–Kier alpha value is -0.910. The van der Waals surface area contributed by atoms with Crippen LogP contribution in [0, 0.1) is 0 Å². The summed E-state index contributed by atoms with van der Waals surface area (Å²) >= 11 is 0. The van der Waals surface area contributed by atoms with Crippen LogP contribution in [0.25, 0.3) is 10.8 Å². The van der Waals surface area contributed by atoms with Gasteiger partial charge in [0.1, 0.15) is 0 Å². The minimum absolute atomic E-state index is 0.367. The molecule has 2 unspecified atom stereocenters. The maximum Gasteiger partial charge on any atom is 0.0329 e. The van der Waals surface area contributed by atoms with Crippen LogP contribution in [-0.2, 0) is 0 Å². The molecule has 0 heterocycles. The zero-order valence-electron chi connectivity index (χ0n) is 8.20. The molecule has 2 atom stereocenters. The lowest BCUT2D eigenvalue weighted by Crippen LogP contribution is -2.06. The third-order valence-electron chi connectivity index (χ3n) is 2.54. The van der Waals surface area contributed by atoms with Gasteiger partial charge in [0.25, 0.3) is 0 Å². The van der Waals surface area contributed by atoms with Crippen molar-refractivity contribution in [2.24, 2.45) is 0 Å². The van der Waals surface area contributed by atoms with E-state index in [0.29, 0.717) is 6.04 Å². The van der Waals surface area contributed by atoms with Gasteiger partial charge in [-0.1, -0.05) is 51.9 Å². The molecule has 0 fully saturated rings. The predicted molar refractivity (Wildman–Crippen MR) is 65.2 cm³/mol. The number of hydrogen-bond donors (Lipinski definition) is 1. The van der Waals surface area contributed by atoms with Crippen molar-refractivity contribution < 1.29 is 0 Å². The lowest BCUT2D eigenvalue weighted by atomic mass is 10.0. The van der Waals surface area contributed by atoms with Gasteiger partial charge in [0.15, 0.2) is 0 Å². The highest BCUT2D eigenvalue weighted by atomic mass is 31.0. The van der Waals surface area contributed by atoms with Crippen LogP contribution in [0.2, 0.25) is 0 Å². The molecule has 2 aromatic rings. The smallest absolute Gasteiger partial charge is 0.0329 e. The fraction of sp³-hybridized carbons (Fsp3) is 0.167. The molecule has 0 saturated heterocycles. The summed E-state index contributed by atoms with van der Waals surface area (Å²) in [5.74, 6) is 0. The van der Waals surface area contributed by atoms with Gasteiger partial charge in [-0.15, -0.1) is 0 Å². The zero-order valence-corrected chi connectivity index (χ0v) is 9.35. The maximum absolute atomic E-state index is 3.19. The molecule has 14 heavy (non-hydrogen) atoms. The summed E-state index contributed by atoms with van der Waals surface area (Å²) < 4.78 is 0. The third-order valence-corrected chi connectivity index (χ3v) is 3.04. The molecule has 2 rings (SSSR count). The molecule has 0 amide bonds. The van der Waals surface area contributed by atoms with Crippen molar-refractivity contribution in [2.45, 2.75) is 13.0 Å². The van der Waals surface area contributed by atoms with E-state index < -0.39 is 0 Å². The Morgan fingerprint density at radius 3 is 2.57 bits per heavy atom. The maximum atomic E-state index is 3.19. The third kappa shape index (κ3) is 1.66. The van der Waals surface area contributed by atoms with E-state index in [2.05, 4.69) is 63.9 Å². The molecule has 0 radical (unpaired) electrons. The van der Waals surface area contributed by atoms with Gasteiger partial charge in [-0.05, 0) is 23.3 Å². The van der Waals surface area contributed by atoms with Gasteiger partial charge in [0.2, 0.25) is 0 Å². The van der Waals surface area contributed by atoms with Crippen molar-refractivity contribution >= 4 is 20.2 Å². The van der Waals surface area contributed by atoms with Crippen LogP contribution >= 0.6 is 9.39 Å². The normalized spacial score (nSPS) is 13.0. The molecule has 0 bridgehead atoms. The van der Waals surface area contributed by atoms with E-state index in [0.717, 1.165) is 0 Å². The van der Waals surface area contributed by atoms with E-state index in [-0.39, 0.29) is 0 Å². The highest BCUT2D eigenvalue weighted by molar-refractivity contribution is 7.13. The SMILES string of the molecule is CC(NP)c1cccc2ccccc12. The Balaban J connectivity index is 2.65. The van der Waals surface area contributed by atoms with Gasteiger partial charge >= 0.3 is 0 Å². The lowest BCUT2D eigenvalue weighted by Gasteiger charge is -2.13. The van der Waals surface area contributed by atoms with E-state index in [4.69, 9.17) is 0 Å². The monoisotopic (exact) mass is 203 g/mol. The van der Waals surface area contributed by atoms with Crippen molar-refractivity contribution in [1.29, 1.82) is 0 Å². The number of hydrogen-bond acceptors (Lipinski definition) is 1. The lowest BCUT2D eigenvalue weighted by molar-refractivity contribution is 0.762. The topological polar surface area (TPSA) is 12.0 Å². The van der Waals surface area contributed by atoms with Crippen molar-refractivity contribution in [3.63, 3.8) is 0 Å². The van der Waals surface area contributed by atoms with Crippen LogP contribution in [0.4, 0.5) is 0 Å². The Morgan fingerprint density at radius 1 is 1.07 bits per heavy atom. The predicted octanol–water partition coefficient (Wildman–Crippen LogP) is 3.28. The Labute approximate surface area is 86.8 Å². The average molecular weight is 203 g/mol. The molecule has 0 aliphatic heterocycles. The van der Waals surface area contributed by atoms with Gasteiger partial charge in [-0.3, -0.25) is 5.09 Å². The average Bonchev–Trinajstić information content (AvgIpc) is 2.27. The standard InChI is InChI=1S/C12H14NP/c1-9(13-14)11-8-4-6-10-5-2-3-7-12(10)11/h2-9,13H,14H2,1H3. The van der Waals surface area contributed by atoms with Gasteiger partial charge in [0.05, 0.1) is 0 Å². The summed E-state index contributed by atoms with van der Waals surface area (Å²) in [4.78, 5) is 0. The number of rotatable bonds is 2. The highest BCUT2D eigenvalue weighted by Gasteiger charge is 2.05. The zero-order chi connectivity index (χ0) is 9.97. The van der Waals surface area contributed by atoms with Crippen molar-refractivity contribution in [3.8, 4) is 0 Å². The van der Waals surface area contributed by atoms with Crippen LogP contribution in [0.1, 0.15) is 18.5 Å². The minimum atomic E-state index is 0.367. The molecule has 0 saturated carbocycles. The molecule has 0 aliphatic carbocycles. The van der Waals surface area contributed by atoms with Gasteiger partial charge in [-0.25, -0.2) is 0 Å². The molecular formula is C12H14NP. The molecule has 0 aromatic heterocycles. The largest absolute Gasteiger partial charge is 0.294 e. The summed E-state index contributed by atoms with van der Waals surface area (Å²) in [5, 5.41) is 5.82. The first kappa shape index (κ1) is 9.64. The Morgan fingerprint density at radius 2 is 1.79 bits per heavy atom. The second-order valence-electron chi connectivity index (χ2n) is 3.46. The van der Waals surface area contributed by atoms with Crippen LogP contribution in [-0.4, -0.2) is 0 Å². The summed E-state index contributed by atoms with van der Waals surface area (Å²) in [6.45, 7) is 2.16. The van der Waals surface area contributed by atoms with E-state index in [1.165, 1.54) is 16.3 Å². The first-order chi connectivity index (χ1) is 6.83. The summed E-state index contributed by atoms with van der Waals surface area (Å²) in [6.07, 6.45) is 0. The fourth-order valence-electron chi connectivity index (χ4n) is 1.72. The van der Waals surface area contributed by atoms with E-state index in [9.17, 15) is 0 Å². The second kappa shape index (κ2) is 4.08. The first-order valence-corrected chi connectivity index (χ1v) is 5.34. The molecule has 1 nitrogen and oxygen atoms in total. The van der Waals surface area contributed by atoms with E-state index >= 15 is 0 Å². The van der Waals surface area contributed by atoms with E-state index in [1.54, 1.807) is 0 Å². The van der Waals surface area contributed by atoms with Crippen molar-refractivity contribution in [3.05, 3.63) is 48.0 Å². The van der Waals surface area contributed by atoms with Crippen LogP contribution < -0.4 is 5.09 Å². The highest BCUT2D eigenvalue weighted by Crippen LogP contribution is 2.24. The van der Waals surface area contributed by atoms with Crippen LogP contribution in [0.15, 0.2) is 42.5 Å². The molecule has 1 N–H and O–H groups in total. The first-order valence-electron chi connectivity index (χ1n) is 4.76. The Bertz CT molecular complexity index is 434. The molecule has 0 spiro atoms. The number of nitrogens with one attached hydrogen (secondary N) is 1. The molecule has 2 heteroatoms. The van der Waals surface area contributed by atoms with Gasteiger partial charge in [0, 0.05) is 6.04 Å². The van der Waals surface area contributed by atoms with Gasteiger partial charge in [-0.2, -0.15) is 0 Å². The molecule has 2 aromatic carbocycles. The molecule has 72 valence electrons. The second-order valence-corrected chi connectivity index (χ2v) is 3.79. The van der Waals surface area contributed by atoms with Crippen molar-refractivity contribution in [1.82, 2.24) is 5.09 Å². The Kier molecular flexibility index (Phi) is 2.81. The summed E-state index contributed by atoms with van der Waals surface area (Å²) in [7, 11) is 2.57. The van der Waals surface area contributed by atoms with Crippen molar-refractivity contribution in [2.75, 3.05) is 0 Å². The minimum Gasteiger partial charge on any atom is -0.294 e. The quantitative estimate of drug-likeness (QED) is 0.738. The molecule has 0 aliphatic rings. The number of fused-ring (bicyclic) bond motifs is 1. The number of benzene rings is 2. The fourth-order valence-corrected chi connectivity index (χ4v) is 1.90. The summed E-state index contributed by atoms with van der Waals surface area (Å²) in [5.41, 5.74) is 1.35.